The molecular weight excluding hydrogens is 342 g/mol. The zero-order valence-electron chi connectivity index (χ0n) is 12.0. The Bertz CT molecular complexity index is 168. The number of piperazine rings is 2. The van der Waals surface area contributed by atoms with Crippen molar-refractivity contribution in [2.24, 2.45) is 0 Å². The van der Waals surface area contributed by atoms with Gasteiger partial charge in [0.2, 0.25) is 0 Å². The van der Waals surface area contributed by atoms with Gasteiger partial charge in [-0.1, -0.05) is 0 Å². The predicted molar refractivity (Wildman–Crippen MR) is 96.8 cm³/mol. The smallest absolute Gasteiger partial charge is 0.0107 e. The fraction of sp³-hybridized carbons (Fsp3) is 1.00. The van der Waals surface area contributed by atoms with E-state index in [1.54, 1.807) is 0 Å². The third-order valence-electron chi connectivity index (χ3n) is 3.62. The van der Waals surface area contributed by atoms with Crippen molar-refractivity contribution in [3.63, 3.8) is 0 Å². The maximum Gasteiger partial charge on any atom is 0.0107 e. The summed E-state index contributed by atoms with van der Waals surface area (Å²) in [5.74, 6) is 0. The summed E-state index contributed by atoms with van der Waals surface area (Å²) in [4.78, 5) is 5.18. The standard InChI is InChI=1S/C12H26N4.4ClH/c1(7-15-9-3-13-4-10-15)2-8-16-11-5-14-6-12-16;;;;/h13-14H,1-12H2;4*1H. The molecule has 2 fully saturated rings. The van der Waals surface area contributed by atoms with Crippen LogP contribution in [0.4, 0.5) is 0 Å². The van der Waals surface area contributed by atoms with E-state index in [-0.39, 0.29) is 49.6 Å². The molecule has 0 atom stereocenters. The summed E-state index contributed by atoms with van der Waals surface area (Å²) < 4.78 is 0. The third kappa shape index (κ3) is 10.7. The summed E-state index contributed by atoms with van der Waals surface area (Å²) in [5, 5.41) is 6.80. The number of halogens is 4. The quantitative estimate of drug-likeness (QED) is 0.712. The highest BCUT2D eigenvalue weighted by atomic mass is 35.5. The Kier molecular flexibility index (Phi) is 21.2. The first-order valence-corrected chi connectivity index (χ1v) is 6.81. The Morgan fingerprint density at radius 2 is 0.850 bits per heavy atom. The summed E-state index contributed by atoms with van der Waals surface area (Å²) in [6, 6.07) is 0. The summed E-state index contributed by atoms with van der Waals surface area (Å²) in [6.07, 6.45) is 2.73. The van der Waals surface area contributed by atoms with Crippen LogP contribution >= 0.6 is 49.6 Å². The molecule has 0 aliphatic carbocycles. The maximum atomic E-state index is 3.40. The van der Waals surface area contributed by atoms with Gasteiger partial charge in [0.15, 0.2) is 0 Å². The van der Waals surface area contributed by atoms with Gasteiger partial charge in [0.25, 0.3) is 0 Å². The molecule has 0 amide bonds. The average Bonchev–Trinajstić information content (AvgIpc) is 2.37. The van der Waals surface area contributed by atoms with Crippen molar-refractivity contribution in [2.75, 3.05) is 65.4 Å². The van der Waals surface area contributed by atoms with Gasteiger partial charge in [0.1, 0.15) is 0 Å². The van der Waals surface area contributed by atoms with Gasteiger partial charge in [0.05, 0.1) is 0 Å². The van der Waals surface area contributed by atoms with Crippen molar-refractivity contribution in [3.8, 4) is 0 Å². The molecule has 2 aliphatic heterocycles. The first-order chi connectivity index (χ1) is 7.95. The molecule has 0 saturated carbocycles. The van der Waals surface area contributed by atoms with Gasteiger partial charge in [-0.2, -0.15) is 0 Å². The lowest BCUT2D eigenvalue weighted by Gasteiger charge is -2.29. The van der Waals surface area contributed by atoms with Crippen molar-refractivity contribution in [2.45, 2.75) is 12.8 Å². The molecule has 0 spiro atoms. The average molecular weight is 372 g/mol. The molecule has 0 radical (unpaired) electrons. The van der Waals surface area contributed by atoms with E-state index in [1.165, 1.54) is 78.3 Å². The number of unbranched alkanes of at least 4 members (excludes halogenated alkanes) is 1. The molecule has 0 aromatic heterocycles. The summed E-state index contributed by atoms with van der Waals surface area (Å²) in [7, 11) is 0. The van der Waals surface area contributed by atoms with Gasteiger partial charge in [-0.05, 0) is 25.9 Å². The lowest BCUT2D eigenvalue weighted by molar-refractivity contribution is 0.213. The molecule has 2 heterocycles. The van der Waals surface area contributed by atoms with E-state index in [9.17, 15) is 0 Å². The molecule has 2 N–H and O–H groups in total. The fourth-order valence-corrected chi connectivity index (χ4v) is 2.54. The zero-order valence-corrected chi connectivity index (χ0v) is 15.3. The number of nitrogens with zero attached hydrogens (tertiary/aromatic N) is 2. The maximum absolute atomic E-state index is 3.40. The van der Waals surface area contributed by atoms with E-state index in [0.717, 1.165) is 0 Å². The van der Waals surface area contributed by atoms with E-state index in [2.05, 4.69) is 20.4 Å². The molecule has 126 valence electrons. The van der Waals surface area contributed by atoms with Crippen LogP contribution in [0.1, 0.15) is 12.8 Å². The monoisotopic (exact) mass is 370 g/mol. The van der Waals surface area contributed by atoms with Crippen LogP contribution in [0.2, 0.25) is 0 Å². The van der Waals surface area contributed by atoms with Crippen molar-refractivity contribution in [1.82, 2.24) is 20.4 Å². The second kappa shape index (κ2) is 16.4. The molecule has 20 heavy (non-hydrogen) atoms. The lowest BCUT2D eigenvalue weighted by Crippen LogP contribution is -2.45. The van der Waals surface area contributed by atoms with Gasteiger partial charge in [-0.3, -0.25) is 0 Å². The Labute approximate surface area is 148 Å². The van der Waals surface area contributed by atoms with Crippen LogP contribution in [0.3, 0.4) is 0 Å². The van der Waals surface area contributed by atoms with E-state index in [1.807, 2.05) is 0 Å². The Hall–Kier alpha value is 1.00. The summed E-state index contributed by atoms with van der Waals surface area (Å²) >= 11 is 0. The minimum Gasteiger partial charge on any atom is -0.314 e. The second-order valence-corrected chi connectivity index (χ2v) is 4.89. The van der Waals surface area contributed by atoms with Crippen LogP contribution in [0.5, 0.6) is 0 Å². The van der Waals surface area contributed by atoms with E-state index in [4.69, 9.17) is 0 Å². The van der Waals surface area contributed by atoms with Gasteiger partial charge < -0.3 is 20.4 Å². The normalized spacial score (nSPS) is 19.8. The highest BCUT2D eigenvalue weighted by Crippen LogP contribution is 2.00. The SMILES string of the molecule is C(CCN1CCNCC1)CN1CCNCC1.Cl.Cl.Cl.Cl. The minimum atomic E-state index is 0. The van der Waals surface area contributed by atoms with Gasteiger partial charge >= 0.3 is 0 Å². The number of rotatable bonds is 5. The highest BCUT2D eigenvalue weighted by Gasteiger charge is 2.10. The lowest BCUT2D eigenvalue weighted by atomic mass is 10.2. The van der Waals surface area contributed by atoms with Gasteiger partial charge in [-0.15, -0.1) is 49.6 Å². The van der Waals surface area contributed by atoms with Crippen LogP contribution < -0.4 is 10.6 Å². The van der Waals surface area contributed by atoms with Crippen molar-refractivity contribution in [1.29, 1.82) is 0 Å². The molecule has 2 aliphatic rings. The Balaban J connectivity index is -0.000000722. The molecule has 0 unspecified atom stereocenters. The van der Waals surface area contributed by atoms with Crippen LogP contribution in [0, 0.1) is 0 Å². The first kappa shape index (κ1) is 25.9. The number of nitrogens with one attached hydrogen (secondary N) is 2. The Morgan fingerprint density at radius 1 is 0.550 bits per heavy atom. The summed E-state index contributed by atoms with van der Waals surface area (Å²) in [5.41, 5.74) is 0. The molecule has 2 saturated heterocycles. The highest BCUT2D eigenvalue weighted by molar-refractivity contribution is 5.86. The van der Waals surface area contributed by atoms with Crippen molar-refractivity contribution < 1.29 is 0 Å². The second-order valence-electron chi connectivity index (χ2n) is 4.89. The van der Waals surface area contributed by atoms with Gasteiger partial charge in [0, 0.05) is 52.4 Å². The molecule has 0 aromatic rings. The van der Waals surface area contributed by atoms with Crippen LogP contribution in [0.25, 0.3) is 0 Å². The van der Waals surface area contributed by atoms with E-state index in [0.29, 0.717) is 0 Å². The van der Waals surface area contributed by atoms with Crippen LogP contribution in [0.15, 0.2) is 0 Å². The topological polar surface area (TPSA) is 30.5 Å². The van der Waals surface area contributed by atoms with Crippen molar-refractivity contribution >= 4 is 49.6 Å². The van der Waals surface area contributed by atoms with Crippen LogP contribution in [-0.2, 0) is 0 Å². The molecule has 4 nitrogen and oxygen atoms in total. The van der Waals surface area contributed by atoms with Crippen molar-refractivity contribution in [3.05, 3.63) is 0 Å². The van der Waals surface area contributed by atoms with E-state index >= 15 is 0 Å². The first-order valence-electron chi connectivity index (χ1n) is 6.81. The zero-order chi connectivity index (χ0) is 11.1. The summed E-state index contributed by atoms with van der Waals surface area (Å²) in [6.45, 7) is 12.3. The predicted octanol–water partition coefficient (Wildman–Crippen LogP) is 1.26. The molecule has 0 aromatic carbocycles. The van der Waals surface area contributed by atoms with Gasteiger partial charge in [-0.25, -0.2) is 0 Å². The molecular formula is C12H30Cl4N4. The minimum absolute atomic E-state index is 0. The number of hydrogen-bond donors (Lipinski definition) is 2. The van der Waals surface area contributed by atoms with Crippen LogP contribution in [-0.4, -0.2) is 75.2 Å². The largest absolute Gasteiger partial charge is 0.314 e. The molecule has 2 rings (SSSR count). The number of hydrogen-bond acceptors (Lipinski definition) is 4. The molecule has 8 heteroatoms. The van der Waals surface area contributed by atoms with E-state index < -0.39 is 0 Å². The molecule has 0 bridgehead atoms. The fourth-order valence-electron chi connectivity index (χ4n) is 2.54. The Morgan fingerprint density at radius 3 is 1.15 bits per heavy atom. The third-order valence-corrected chi connectivity index (χ3v) is 3.62.